The van der Waals surface area contributed by atoms with Gasteiger partial charge >= 0.3 is 0 Å². The highest BCUT2D eigenvalue weighted by atomic mass is 32.1. The van der Waals surface area contributed by atoms with Gasteiger partial charge in [0.05, 0.1) is 12.6 Å². The number of nitrogens with zero attached hydrogens (tertiary/aromatic N) is 3. The molecule has 2 amide bonds. The molecule has 3 aliphatic rings. The molecular weight excluding hydrogens is 382 g/mol. The van der Waals surface area contributed by atoms with Crippen LogP contribution in [0.3, 0.4) is 0 Å². The first kappa shape index (κ1) is 20.9. The molecule has 6 heteroatoms. The van der Waals surface area contributed by atoms with E-state index in [1.165, 1.54) is 10.4 Å². The summed E-state index contributed by atoms with van der Waals surface area (Å²) in [6, 6.07) is 2.43. The first-order chi connectivity index (χ1) is 14.1. The van der Waals surface area contributed by atoms with Gasteiger partial charge in [-0.25, -0.2) is 0 Å². The van der Waals surface area contributed by atoms with Crippen molar-refractivity contribution in [3.63, 3.8) is 0 Å². The maximum Gasteiger partial charge on any atom is 0.237 e. The van der Waals surface area contributed by atoms with Gasteiger partial charge in [0.15, 0.2) is 0 Å². The zero-order valence-corrected chi connectivity index (χ0v) is 18.8. The maximum atomic E-state index is 13.1. The first-order valence-corrected chi connectivity index (χ1v) is 12.3. The number of carbonyl (C=O) groups excluding carboxylic acids is 2. The highest BCUT2D eigenvalue weighted by Gasteiger charge is 2.33. The maximum absolute atomic E-state index is 13.1. The van der Waals surface area contributed by atoms with Gasteiger partial charge in [0.25, 0.3) is 0 Å². The fourth-order valence-electron chi connectivity index (χ4n) is 5.24. The molecule has 160 valence electrons. The number of piperidine rings is 2. The molecule has 4 rings (SSSR count). The standard InChI is InChI=1S/C23H35N3O2S/c1-3-20-19-9-15-29-21(19)8-14-26(20)22(27)16-24-10-6-18(7-11-24)23(28)25-12-4-17(2)5-13-25/h9,15,17-18,20H,3-8,10-14,16H2,1-2H3. The molecule has 0 saturated carbocycles. The van der Waals surface area contributed by atoms with Crippen molar-refractivity contribution in [1.29, 1.82) is 0 Å². The number of thiophene rings is 1. The van der Waals surface area contributed by atoms with Gasteiger partial charge in [0, 0.05) is 30.4 Å². The Morgan fingerprint density at radius 1 is 1.07 bits per heavy atom. The topological polar surface area (TPSA) is 43.9 Å². The molecule has 0 bridgehead atoms. The predicted octanol–water partition coefficient (Wildman–Crippen LogP) is 3.55. The number of hydrogen-bond donors (Lipinski definition) is 0. The average Bonchev–Trinajstić information content (AvgIpc) is 3.22. The average molecular weight is 418 g/mol. The van der Waals surface area contributed by atoms with Crippen LogP contribution in [0.15, 0.2) is 11.4 Å². The lowest BCUT2D eigenvalue weighted by Crippen LogP contribution is -2.48. The molecule has 0 aromatic carbocycles. The Kier molecular flexibility index (Phi) is 6.60. The molecule has 1 aromatic rings. The summed E-state index contributed by atoms with van der Waals surface area (Å²) >= 11 is 1.82. The van der Waals surface area contributed by atoms with E-state index in [2.05, 4.69) is 40.0 Å². The number of fused-ring (bicyclic) bond motifs is 1. The highest BCUT2D eigenvalue weighted by molar-refractivity contribution is 7.10. The zero-order valence-electron chi connectivity index (χ0n) is 17.9. The molecule has 0 spiro atoms. The van der Waals surface area contributed by atoms with Crippen LogP contribution in [-0.2, 0) is 16.0 Å². The van der Waals surface area contributed by atoms with Gasteiger partial charge in [0.2, 0.25) is 11.8 Å². The Balaban J connectivity index is 1.27. The molecule has 0 radical (unpaired) electrons. The van der Waals surface area contributed by atoms with E-state index < -0.39 is 0 Å². The van der Waals surface area contributed by atoms with Crippen LogP contribution in [0.25, 0.3) is 0 Å². The van der Waals surface area contributed by atoms with Crippen LogP contribution >= 0.6 is 11.3 Å². The minimum atomic E-state index is 0.154. The van der Waals surface area contributed by atoms with Gasteiger partial charge < -0.3 is 9.80 Å². The van der Waals surface area contributed by atoms with Crippen LogP contribution in [0.5, 0.6) is 0 Å². The van der Waals surface area contributed by atoms with E-state index in [1.54, 1.807) is 0 Å². The van der Waals surface area contributed by atoms with Gasteiger partial charge in [-0.3, -0.25) is 14.5 Å². The van der Waals surface area contributed by atoms with Crippen molar-refractivity contribution < 1.29 is 9.59 Å². The molecule has 2 fully saturated rings. The van der Waals surface area contributed by atoms with E-state index in [0.717, 1.165) is 77.2 Å². The van der Waals surface area contributed by atoms with Crippen LogP contribution < -0.4 is 0 Å². The van der Waals surface area contributed by atoms with Crippen molar-refractivity contribution in [2.24, 2.45) is 11.8 Å². The minimum Gasteiger partial charge on any atom is -0.342 e. The van der Waals surface area contributed by atoms with Crippen molar-refractivity contribution in [2.75, 3.05) is 39.3 Å². The van der Waals surface area contributed by atoms with Gasteiger partial charge in [-0.1, -0.05) is 13.8 Å². The van der Waals surface area contributed by atoms with E-state index in [0.29, 0.717) is 12.5 Å². The van der Waals surface area contributed by atoms with Crippen LogP contribution in [0.1, 0.15) is 62.4 Å². The summed E-state index contributed by atoms with van der Waals surface area (Å²) < 4.78 is 0. The smallest absolute Gasteiger partial charge is 0.237 e. The molecule has 1 unspecified atom stereocenters. The fraction of sp³-hybridized carbons (Fsp3) is 0.739. The van der Waals surface area contributed by atoms with E-state index in [4.69, 9.17) is 0 Å². The van der Waals surface area contributed by atoms with Crippen molar-refractivity contribution in [3.8, 4) is 0 Å². The second kappa shape index (κ2) is 9.17. The number of rotatable bonds is 4. The molecule has 29 heavy (non-hydrogen) atoms. The van der Waals surface area contributed by atoms with Crippen LogP contribution in [0, 0.1) is 11.8 Å². The lowest BCUT2D eigenvalue weighted by atomic mass is 9.92. The summed E-state index contributed by atoms with van der Waals surface area (Å²) in [6.07, 6.45) is 6.02. The molecular formula is C23H35N3O2S. The minimum absolute atomic E-state index is 0.154. The van der Waals surface area contributed by atoms with Gasteiger partial charge in [-0.15, -0.1) is 11.3 Å². The quantitative estimate of drug-likeness (QED) is 0.752. The van der Waals surface area contributed by atoms with Crippen molar-refractivity contribution in [2.45, 2.75) is 58.4 Å². The third-order valence-corrected chi connectivity index (χ3v) is 8.19. The zero-order chi connectivity index (χ0) is 20.4. The molecule has 5 nitrogen and oxygen atoms in total. The SMILES string of the molecule is CCC1c2ccsc2CCN1C(=O)CN1CCC(C(=O)N2CCC(C)CC2)CC1. The number of likely N-dealkylation sites (tertiary alicyclic amines) is 2. The van der Waals surface area contributed by atoms with Crippen molar-refractivity contribution in [3.05, 3.63) is 21.9 Å². The monoisotopic (exact) mass is 417 g/mol. The summed E-state index contributed by atoms with van der Waals surface area (Å²) in [5, 5.41) is 2.16. The van der Waals surface area contributed by atoms with Gasteiger partial charge in [-0.2, -0.15) is 0 Å². The third kappa shape index (κ3) is 4.53. The molecule has 1 atom stereocenters. The first-order valence-electron chi connectivity index (χ1n) is 11.4. The van der Waals surface area contributed by atoms with E-state index >= 15 is 0 Å². The summed E-state index contributed by atoms with van der Waals surface area (Å²) in [7, 11) is 0. The highest BCUT2D eigenvalue weighted by Crippen LogP contribution is 2.35. The van der Waals surface area contributed by atoms with E-state index in [-0.39, 0.29) is 17.9 Å². The van der Waals surface area contributed by atoms with Gasteiger partial charge in [-0.05, 0) is 74.5 Å². The van der Waals surface area contributed by atoms with Crippen molar-refractivity contribution >= 4 is 23.2 Å². The summed E-state index contributed by atoms with van der Waals surface area (Å²) in [5.74, 6) is 1.51. The second-order valence-electron chi connectivity index (χ2n) is 9.12. The summed E-state index contributed by atoms with van der Waals surface area (Å²) in [4.78, 5) is 33.8. The second-order valence-corrected chi connectivity index (χ2v) is 10.1. The molecule has 0 N–H and O–H groups in total. The van der Waals surface area contributed by atoms with Gasteiger partial charge in [0.1, 0.15) is 0 Å². The Labute approximate surface area is 179 Å². The van der Waals surface area contributed by atoms with Crippen LogP contribution in [-0.4, -0.2) is 65.8 Å². The molecule has 3 aliphatic heterocycles. The lowest BCUT2D eigenvalue weighted by Gasteiger charge is -2.39. The Bertz CT molecular complexity index is 717. The van der Waals surface area contributed by atoms with Crippen molar-refractivity contribution in [1.82, 2.24) is 14.7 Å². The Morgan fingerprint density at radius 3 is 2.48 bits per heavy atom. The van der Waals surface area contributed by atoms with Crippen LogP contribution in [0.4, 0.5) is 0 Å². The molecule has 1 aromatic heterocycles. The van der Waals surface area contributed by atoms with E-state index in [1.807, 2.05) is 11.3 Å². The fourth-order valence-corrected chi connectivity index (χ4v) is 6.17. The molecule has 0 aliphatic carbocycles. The largest absolute Gasteiger partial charge is 0.342 e. The number of amides is 2. The normalized spacial score (nSPS) is 24.6. The lowest BCUT2D eigenvalue weighted by molar-refractivity contribution is -0.139. The number of carbonyl (C=O) groups is 2. The molecule has 2 saturated heterocycles. The summed E-state index contributed by atoms with van der Waals surface area (Å²) in [5.41, 5.74) is 1.36. The molecule has 4 heterocycles. The Morgan fingerprint density at radius 2 is 1.79 bits per heavy atom. The summed E-state index contributed by atoms with van der Waals surface area (Å²) in [6.45, 7) is 9.37. The van der Waals surface area contributed by atoms with E-state index in [9.17, 15) is 9.59 Å². The predicted molar refractivity (Wildman–Crippen MR) is 117 cm³/mol. The van der Waals surface area contributed by atoms with Crippen LogP contribution in [0.2, 0.25) is 0 Å². The Hall–Kier alpha value is -1.40. The number of hydrogen-bond acceptors (Lipinski definition) is 4. The third-order valence-electron chi connectivity index (χ3n) is 7.19.